The first-order chi connectivity index (χ1) is 15.5. The zero-order valence-electron chi connectivity index (χ0n) is 17.4. The van der Waals surface area contributed by atoms with Crippen LogP contribution in [0.5, 0.6) is 11.5 Å². The van der Waals surface area contributed by atoms with Crippen LogP contribution in [0.3, 0.4) is 0 Å². The van der Waals surface area contributed by atoms with E-state index in [1.54, 1.807) is 40.8 Å². The van der Waals surface area contributed by atoms with E-state index in [2.05, 4.69) is 4.98 Å². The van der Waals surface area contributed by atoms with Crippen LogP contribution in [0, 0.1) is 5.92 Å². The molecule has 2 aromatic heterocycles. The fourth-order valence-corrected chi connectivity index (χ4v) is 3.87. The third kappa shape index (κ3) is 3.85. The van der Waals surface area contributed by atoms with Crippen molar-refractivity contribution in [3.05, 3.63) is 76.4 Å². The number of fused-ring (bicyclic) bond motifs is 1. The molecule has 1 aliphatic carbocycles. The lowest BCUT2D eigenvalue weighted by Crippen LogP contribution is -2.26. The van der Waals surface area contributed by atoms with Gasteiger partial charge >= 0.3 is 5.69 Å². The van der Waals surface area contributed by atoms with Crippen molar-refractivity contribution in [2.24, 2.45) is 5.92 Å². The molecule has 0 amide bonds. The number of hydrogen-bond donors (Lipinski definition) is 1. The third-order valence-corrected chi connectivity index (χ3v) is 5.96. The molecule has 2 heterocycles. The van der Waals surface area contributed by atoms with Crippen molar-refractivity contribution in [3.63, 3.8) is 0 Å². The molecule has 2 aromatic carbocycles. The number of benzene rings is 2. The summed E-state index contributed by atoms with van der Waals surface area (Å²) in [5, 5.41) is 10.7. The Bertz CT molecular complexity index is 1330. The minimum Gasteiger partial charge on any atom is -0.493 e. The molecule has 0 radical (unpaired) electrons. The molecule has 5 rings (SSSR count). The van der Waals surface area contributed by atoms with Crippen LogP contribution in [-0.4, -0.2) is 38.9 Å². The molecule has 4 aromatic rings. The molecule has 0 aliphatic heterocycles. The maximum atomic E-state index is 13.4. The fraction of sp³-hybridized carbons (Fsp3) is 0.250. The van der Waals surface area contributed by atoms with Crippen LogP contribution >= 0.6 is 11.6 Å². The van der Waals surface area contributed by atoms with Gasteiger partial charge in [0.05, 0.1) is 24.6 Å². The van der Waals surface area contributed by atoms with Crippen LogP contribution in [0.4, 0.5) is 0 Å². The molecule has 164 valence electrons. The molecule has 1 N–H and O–H groups in total. The van der Waals surface area contributed by atoms with Gasteiger partial charge in [-0.25, -0.2) is 14.2 Å². The Morgan fingerprint density at radius 2 is 1.91 bits per heavy atom. The molecule has 8 heteroatoms. The summed E-state index contributed by atoms with van der Waals surface area (Å²) in [7, 11) is 1.54. The Morgan fingerprint density at radius 3 is 2.62 bits per heavy atom. The molecule has 0 bridgehead atoms. The number of halogens is 1. The van der Waals surface area contributed by atoms with Crippen LogP contribution in [0.2, 0.25) is 5.02 Å². The lowest BCUT2D eigenvalue weighted by Gasteiger charge is -2.15. The molecule has 0 saturated heterocycles. The topological polar surface area (TPSA) is 78.0 Å². The number of aliphatic hydroxyl groups is 1. The van der Waals surface area contributed by atoms with E-state index in [0.717, 1.165) is 24.1 Å². The molecule has 1 unspecified atom stereocenters. The van der Waals surface area contributed by atoms with Gasteiger partial charge in [-0.3, -0.25) is 4.57 Å². The molecule has 32 heavy (non-hydrogen) atoms. The van der Waals surface area contributed by atoms with E-state index in [0.29, 0.717) is 33.8 Å². The summed E-state index contributed by atoms with van der Waals surface area (Å²) in [6, 6.07) is 16.2. The Balaban J connectivity index is 1.51. The van der Waals surface area contributed by atoms with E-state index < -0.39 is 6.10 Å². The van der Waals surface area contributed by atoms with E-state index in [1.807, 2.05) is 18.2 Å². The van der Waals surface area contributed by atoms with Crippen molar-refractivity contribution >= 4 is 17.2 Å². The van der Waals surface area contributed by atoms with Gasteiger partial charge in [0, 0.05) is 11.1 Å². The van der Waals surface area contributed by atoms with Gasteiger partial charge in [-0.2, -0.15) is 0 Å². The van der Waals surface area contributed by atoms with E-state index in [4.69, 9.17) is 21.1 Å². The van der Waals surface area contributed by atoms with Crippen molar-refractivity contribution in [3.8, 4) is 28.4 Å². The number of rotatable bonds is 7. The quantitative estimate of drug-likeness (QED) is 0.460. The number of ether oxygens (including phenoxy) is 2. The second-order valence-electron chi connectivity index (χ2n) is 7.87. The molecule has 0 spiro atoms. The number of aliphatic hydroxyl groups excluding tert-OH is 1. The summed E-state index contributed by atoms with van der Waals surface area (Å²) in [6.07, 6.45) is 3.09. The lowest BCUT2D eigenvalue weighted by molar-refractivity contribution is 0.0880. The zero-order valence-corrected chi connectivity index (χ0v) is 18.2. The molecule has 1 saturated carbocycles. The second kappa shape index (κ2) is 8.33. The van der Waals surface area contributed by atoms with Crippen LogP contribution in [-0.2, 0) is 0 Å². The van der Waals surface area contributed by atoms with Gasteiger partial charge in [-0.15, -0.1) is 0 Å². The minimum atomic E-state index is -0.478. The summed E-state index contributed by atoms with van der Waals surface area (Å²) in [5.41, 5.74) is 2.47. The fourth-order valence-electron chi connectivity index (χ4n) is 3.74. The molecular weight excluding hydrogens is 430 g/mol. The first-order valence-electron chi connectivity index (χ1n) is 10.4. The minimum absolute atomic E-state index is 0.210. The van der Waals surface area contributed by atoms with E-state index in [1.165, 1.54) is 18.0 Å². The van der Waals surface area contributed by atoms with Crippen molar-refractivity contribution < 1.29 is 14.6 Å². The van der Waals surface area contributed by atoms with Crippen molar-refractivity contribution in [1.82, 2.24) is 14.0 Å². The normalized spacial score (nSPS) is 14.5. The number of hydrogen-bond acceptors (Lipinski definition) is 5. The molecular formula is C24H22ClN3O4. The van der Waals surface area contributed by atoms with Crippen molar-refractivity contribution in [2.75, 3.05) is 13.7 Å². The van der Waals surface area contributed by atoms with E-state index >= 15 is 0 Å². The third-order valence-electron chi connectivity index (χ3n) is 5.70. The van der Waals surface area contributed by atoms with Crippen LogP contribution in [0.25, 0.3) is 22.6 Å². The SMILES string of the molecule is COc1cc(-n2cnc3ccc(-c4ccc(Cl)cc4)n3c2=O)ccc1OCC(O)C1CC1. The first kappa shape index (κ1) is 20.6. The Hall–Kier alpha value is -3.29. The van der Waals surface area contributed by atoms with Gasteiger partial charge in [0.2, 0.25) is 0 Å². The largest absolute Gasteiger partial charge is 0.493 e. The predicted molar refractivity (Wildman–Crippen MR) is 122 cm³/mol. The summed E-state index contributed by atoms with van der Waals surface area (Å²) in [6.45, 7) is 0.210. The highest BCUT2D eigenvalue weighted by atomic mass is 35.5. The van der Waals surface area contributed by atoms with E-state index in [-0.39, 0.29) is 12.3 Å². The molecule has 1 fully saturated rings. The van der Waals surface area contributed by atoms with Gasteiger partial charge in [-0.1, -0.05) is 23.7 Å². The molecule has 7 nitrogen and oxygen atoms in total. The average Bonchev–Trinajstić information content (AvgIpc) is 3.57. The Kier molecular flexibility index (Phi) is 5.36. The summed E-state index contributed by atoms with van der Waals surface area (Å²) >= 11 is 6.01. The Labute approximate surface area is 189 Å². The van der Waals surface area contributed by atoms with Crippen LogP contribution in [0.15, 0.2) is 65.7 Å². The lowest BCUT2D eigenvalue weighted by atomic mass is 10.1. The van der Waals surface area contributed by atoms with Gasteiger partial charge in [0.1, 0.15) is 18.6 Å². The summed E-state index contributed by atoms with van der Waals surface area (Å²) in [4.78, 5) is 17.8. The number of aromatic nitrogens is 3. The molecule has 1 atom stereocenters. The van der Waals surface area contributed by atoms with Crippen molar-refractivity contribution in [1.29, 1.82) is 0 Å². The highest BCUT2D eigenvalue weighted by Crippen LogP contribution is 2.34. The van der Waals surface area contributed by atoms with Crippen LogP contribution < -0.4 is 15.2 Å². The van der Waals surface area contributed by atoms with Gasteiger partial charge < -0.3 is 14.6 Å². The number of methoxy groups -OCH3 is 1. The maximum absolute atomic E-state index is 13.4. The zero-order chi connectivity index (χ0) is 22.2. The summed E-state index contributed by atoms with van der Waals surface area (Å²) < 4.78 is 14.3. The van der Waals surface area contributed by atoms with Gasteiger partial charge in [0.25, 0.3) is 0 Å². The first-order valence-corrected chi connectivity index (χ1v) is 10.8. The van der Waals surface area contributed by atoms with Gasteiger partial charge in [-0.05, 0) is 60.7 Å². The smallest absolute Gasteiger partial charge is 0.340 e. The monoisotopic (exact) mass is 451 g/mol. The average molecular weight is 452 g/mol. The highest BCUT2D eigenvalue weighted by molar-refractivity contribution is 6.30. The Morgan fingerprint density at radius 1 is 1.12 bits per heavy atom. The van der Waals surface area contributed by atoms with E-state index in [9.17, 15) is 9.90 Å². The number of nitrogens with zero attached hydrogens (tertiary/aromatic N) is 3. The second-order valence-corrected chi connectivity index (χ2v) is 8.30. The highest BCUT2D eigenvalue weighted by Gasteiger charge is 2.30. The van der Waals surface area contributed by atoms with Gasteiger partial charge in [0.15, 0.2) is 11.5 Å². The van der Waals surface area contributed by atoms with Crippen LogP contribution in [0.1, 0.15) is 12.8 Å². The standard InChI is InChI=1S/C24H22ClN3O4/c1-31-22-12-18(8-10-21(22)32-13-20(29)16-2-3-16)27-14-26-23-11-9-19(28(23)24(27)30)15-4-6-17(25)7-5-15/h4-12,14,16,20,29H,2-3,13H2,1H3. The van der Waals surface area contributed by atoms with Crippen molar-refractivity contribution in [2.45, 2.75) is 18.9 Å². The summed E-state index contributed by atoms with van der Waals surface area (Å²) in [5.74, 6) is 1.32. The predicted octanol–water partition coefficient (Wildman–Crippen LogP) is 3.96. The maximum Gasteiger partial charge on any atom is 0.340 e. The molecule has 1 aliphatic rings.